The molecule has 0 spiro atoms. The van der Waals surface area contributed by atoms with Crippen molar-refractivity contribution in [2.45, 2.75) is 49.9 Å². The summed E-state index contributed by atoms with van der Waals surface area (Å²) in [6, 6.07) is 5.32. The smallest absolute Gasteiger partial charge is 0.262 e. The zero-order valence-electron chi connectivity index (χ0n) is 15.5. The van der Waals surface area contributed by atoms with Gasteiger partial charge >= 0.3 is 0 Å². The minimum atomic E-state index is 0.00707. The van der Waals surface area contributed by atoms with Crippen LogP contribution in [-0.2, 0) is 11.3 Å². The van der Waals surface area contributed by atoms with E-state index in [1.807, 2.05) is 4.57 Å². The molecule has 0 amide bonds. The van der Waals surface area contributed by atoms with Gasteiger partial charge in [-0.3, -0.25) is 9.36 Å². The van der Waals surface area contributed by atoms with E-state index >= 15 is 0 Å². The molecule has 4 rings (SSSR count). The van der Waals surface area contributed by atoms with Crippen molar-refractivity contribution in [1.29, 1.82) is 0 Å². The summed E-state index contributed by atoms with van der Waals surface area (Å²) in [6.45, 7) is 4.77. The number of nitrogens with zero attached hydrogens (tertiary/aromatic N) is 3. The Kier molecular flexibility index (Phi) is 6.38. The topological polar surface area (TPSA) is 47.4 Å². The molecular formula is C20H26ClN3O2S. The maximum Gasteiger partial charge on any atom is 0.262 e. The van der Waals surface area contributed by atoms with E-state index in [1.54, 1.807) is 30.0 Å². The van der Waals surface area contributed by atoms with E-state index in [9.17, 15) is 4.79 Å². The summed E-state index contributed by atoms with van der Waals surface area (Å²) < 4.78 is 7.58. The van der Waals surface area contributed by atoms with Crippen LogP contribution in [0.15, 0.2) is 28.2 Å². The van der Waals surface area contributed by atoms with Gasteiger partial charge in [0.1, 0.15) is 0 Å². The van der Waals surface area contributed by atoms with Crippen LogP contribution in [0.3, 0.4) is 0 Å². The molecule has 2 saturated heterocycles. The number of halogens is 1. The van der Waals surface area contributed by atoms with E-state index < -0.39 is 0 Å². The SMILES string of the molecule is O=c1c2ccc(Cl)cc2nc(SCCN2CCCCC2)n1C[C@H]1CCCO1. The van der Waals surface area contributed by atoms with E-state index in [0.29, 0.717) is 22.5 Å². The van der Waals surface area contributed by atoms with E-state index in [1.165, 1.54) is 32.4 Å². The zero-order valence-corrected chi connectivity index (χ0v) is 17.1. The monoisotopic (exact) mass is 407 g/mol. The largest absolute Gasteiger partial charge is 0.376 e. The minimum absolute atomic E-state index is 0.00707. The Labute approximate surface area is 169 Å². The fourth-order valence-electron chi connectivity index (χ4n) is 3.89. The predicted molar refractivity (Wildman–Crippen MR) is 111 cm³/mol. The molecule has 0 N–H and O–H groups in total. The van der Waals surface area contributed by atoms with Crippen molar-refractivity contribution in [2.75, 3.05) is 32.0 Å². The molecule has 2 aliphatic rings. The van der Waals surface area contributed by atoms with E-state index in [4.69, 9.17) is 21.3 Å². The molecule has 7 heteroatoms. The Hall–Kier alpha value is -1.08. The Bertz CT molecular complexity index is 845. The van der Waals surface area contributed by atoms with Crippen molar-refractivity contribution in [3.8, 4) is 0 Å². The van der Waals surface area contributed by atoms with Gasteiger partial charge in [0.25, 0.3) is 5.56 Å². The third kappa shape index (κ3) is 4.67. The molecule has 0 saturated carbocycles. The average Bonchev–Trinajstić information content (AvgIpc) is 3.18. The van der Waals surface area contributed by atoms with Gasteiger partial charge in [0.05, 0.1) is 23.6 Å². The van der Waals surface area contributed by atoms with Crippen LogP contribution >= 0.6 is 23.4 Å². The number of aromatic nitrogens is 2. The van der Waals surface area contributed by atoms with Crippen LogP contribution in [0.2, 0.25) is 5.02 Å². The minimum Gasteiger partial charge on any atom is -0.376 e. The molecule has 27 heavy (non-hydrogen) atoms. The summed E-state index contributed by atoms with van der Waals surface area (Å²) in [7, 11) is 0. The van der Waals surface area contributed by atoms with Crippen LogP contribution < -0.4 is 5.56 Å². The van der Waals surface area contributed by atoms with E-state index in [2.05, 4.69) is 4.90 Å². The Morgan fingerprint density at radius 1 is 1.22 bits per heavy atom. The van der Waals surface area contributed by atoms with Gasteiger partial charge in [-0.05, 0) is 57.0 Å². The number of likely N-dealkylation sites (tertiary alicyclic amines) is 1. The van der Waals surface area contributed by atoms with Crippen LogP contribution in [0.1, 0.15) is 32.1 Å². The van der Waals surface area contributed by atoms with Gasteiger partial charge in [0.2, 0.25) is 0 Å². The molecule has 2 aromatic rings. The number of benzene rings is 1. The first-order chi connectivity index (χ1) is 13.2. The summed E-state index contributed by atoms with van der Waals surface area (Å²) in [6.07, 6.45) is 6.10. The predicted octanol–water partition coefficient (Wildman–Crippen LogP) is 3.81. The van der Waals surface area contributed by atoms with Crippen molar-refractivity contribution < 1.29 is 4.74 Å². The molecule has 1 aromatic heterocycles. The first-order valence-electron chi connectivity index (χ1n) is 9.87. The molecule has 146 valence electrons. The quantitative estimate of drug-likeness (QED) is 0.538. The number of hydrogen-bond acceptors (Lipinski definition) is 5. The third-order valence-electron chi connectivity index (χ3n) is 5.38. The molecule has 2 aliphatic heterocycles. The molecule has 5 nitrogen and oxygen atoms in total. The van der Waals surface area contributed by atoms with Crippen LogP contribution in [0.25, 0.3) is 10.9 Å². The van der Waals surface area contributed by atoms with Crippen LogP contribution in [0.5, 0.6) is 0 Å². The maximum absolute atomic E-state index is 13.1. The first-order valence-corrected chi connectivity index (χ1v) is 11.2. The molecule has 2 fully saturated rings. The number of piperidine rings is 1. The highest BCUT2D eigenvalue weighted by Crippen LogP contribution is 2.23. The highest BCUT2D eigenvalue weighted by Gasteiger charge is 2.20. The summed E-state index contributed by atoms with van der Waals surface area (Å²) in [5.41, 5.74) is 0.684. The molecule has 1 aromatic carbocycles. The lowest BCUT2D eigenvalue weighted by atomic mass is 10.1. The van der Waals surface area contributed by atoms with Gasteiger partial charge in [-0.15, -0.1) is 0 Å². The summed E-state index contributed by atoms with van der Waals surface area (Å²) >= 11 is 7.79. The molecule has 0 bridgehead atoms. The van der Waals surface area contributed by atoms with Crippen LogP contribution in [0, 0.1) is 0 Å². The highest BCUT2D eigenvalue weighted by molar-refractivity contribution is 7.99. The maximum atomic E-state index is 13.1. The van der Waals surface area contributed by atoms with Crippen molar-refractivity contribution in [3.05, 3.63) is 33.6 Å². The van der Waals surface area contributed by atoms with Gasteiger partial charge in [-0.2, -0.15) is 0 Å². The zero-order chi connectivity index (χ0) is 18.6. The fraction of sp³-hybridized carbons (Fsp3) is 0.600. The van der Waals surface area contributed by atoms with E-state index in [-0.39, 0.29) is 11.7 Å². The lowest BCUT2D eigenvalue weighted by Gasteiger charge is -2.26. The first kappa shape index (κ1) is 19.2. The Morgan fingerprint density at radius 2 is 2.07 bits per heavy atom. The van der Waals surface area contributed by atoms with Gasteiger partial charge in [0.15, 0.2) is 5.16 Å². The normalized spacial score (nSPS) is 21.1. The lowest BCUT2D eigenvalue weighted by molar-refractivity contribution is 0.0937. The number of rotatable bonds is 6. The number of fused-ring (bicyclic) bond motifs is 1. The van der Waals surface area contributed by atoms with Crippen molar-refractivity contribution in [3.63, 3.8) is 0 Å². The Balaban J connectivity index is 1.58. The van der Waals surface area contributed by atoms with Crippen molar-refractivity contribution in [1.82, 2.24) is 14.5 Å². The number of ether oxygens (including phenoxy) is 1. The molecule has 1 atom stereocenters. The summed E-state index contributed by atoms with van der Waals surface area (Å²) in [5, 5.41) is 2.01. The number of hydrogen-bond donors (Lipinski definition) is 0. The third-order valence-corrected chi connectivity index (χ3v) is 6.57. The second kappa shape index (κ2) is 8.95. The summed E-state index contributed by atoms with van der Waals surface area (Å²) in [4.78, 5) is 20.4. The fourth-order valence-corrected chi connectivity index (χ4v) is 5.06. The van der Waals surface area contributed by atoms with Crippen molar-refractivity contribution >= 4 is 34.3 Å². The average molecular weight is 408 g/mol. The molecule has 0 radical (unpaired) electrons. The van der Waals surface area contributed by atoms with Crippen molar-refractivity contribution in [2.24, 2.45) is 0 Å². The summed E-state index contributed by atoms with van der Waals surface area (Å²) in [5.74, 6) is 0.935. The van der Waals surface area contributed by atoms with Gasteiger partial charge in [-0.1, -0.05) is 29.8 Å². The standard InChI is InChI=1S/C20H26ClN3O2S/c21-15-6-7-17-18(13-15)22-20(27-12-10-23-8-2-1-3-9-23)24(19(17)25)14-16-5-4-11-26-16/h6-7,13,16H,1-5,8-12,14H2/t16-/m1/s1. The van der Waals surface area contributed by atoms with Crippen LogP contribution in [-0.4, -0.2) is 52.5 Å². The molecular weight excluding hydrogens is 382 g/mol. The molecule has 0 aliphatic carbocycles. The van der Waals surface area contributed by atoms with Gasteiger partial charge in [-0.25, -0.2) is 4.98 Å². The molecule has 0 unspecified atom stereocenters. The lowest BCUT2D eigenvalue weighted by Crippen LogP contribution is -2.32. The van der Waals surface area contributed by atoms with Gasteiger partial charge < -0.3 is 9.64 Å². The second-order valence-electron chi connectivity index (χ2n) is 7.36. The highest BCUT2D eigenvalue weighted by atomic mass is 35.5. The van der Waals surface area contributed by atoms with Gasteiger partial charge in [0, 0.05) is 23.9 Å². The van der Waals surface area contributed by atoms with E-state index in [0.717, 1.165) is 36.9 Å². The second-order valence-corrected chi connectivity index (χ2v) is 8.86. The number of thioether (sulfide) groups is 1. The van der Waals surface area contributed by atoms with Crippen LogP contribution in [0.4, 0.5) is 0 Å². The Morgan fingerprint density at radius 3 is 2.85 bits per heavy atom. The molecule has 3 heterocycles.